The highest BCUT2D eigenvalue weighted by Crippen LogP contribution is 2.28. The first-order valence-corrected chi connectivity index (χ1v) is 5.42. The van der Waals surface area contributed by atoms with Crippen LogP contribution in [0.3, 0.4) is 0 Å². The molecule has 0 bridgehead atoms. The molecule has 3 heteroatoms. The molecule has 2 rings (SSSR count). The molecule has 1 atom stereocenters. The molecule has 2 aromatic rings. The van der Waals surface area contributed by atoms with Gasteiger partial charge in [0.2, 0.25) is 0 Å². The van der Waals surface area contributed by atoms with Crippen molar-refractivity contribution in [2.75, 3.05) is 13.7 Å². The number of fused-ring (bicyclic) bond motifs is 1. The zero-order valence-electron chi connectivity index (χ0n) is 10.0. The molecule has 0 aliphatic rings. The van der Waals surface area contributed by atoms with Gasteiger partial charge < -0.3 is 15.0 Å². The molecule has 0 spiro atoms. The highest BCUT2D eigenvalue weighted by Gasteiger charge is 2.28. The first-order valence-electron chi connectivity index (χ1n) is 5.42. The number of rotatable bonds is 3. The summed E-state index contributed by atoms with van der Waals surface area (Å²) in [5, 5.41) is 1.22. The van der Waals surface area contributed by atoms with Crippen LogP contribution in [0.1, 0.15) is 12.6 Å². The van der Waals surface area contributed by atoms with E-state index in [1.165, 1.54) is 10.9 Å². The smallest absolute Gasteiger partial charge is 0.117 e. The minimum atomic E-state index is -0.423. The molecule has 86 valence electrons. The molecule has 0 saturated carbocycles. The topological polar surface area (TPSA) is 40.2 Å². The van der Waals surface area contributed by atoms with Crippen molar-refractivity contribution in [3.05, 3.63) is 36.0 Å². The van der Waals surface area contributed by atoms with E-state index in [-0.39, 0.29) is 0 Å². The Kier molecular flexibility index (Phi) is 2.74. The number of nitrogens with zero attached hydrogens (tertiary/aromatic N) is 1. The van der Waals surface area contributed by atoms with Gasteiger partial charge in [0.1, 0.15) is 5.60 Å². The fourth-order valence-electron chi connectivity index (χ4n) is 2.09. The predicted molar refractivity (Wildman–Crippen MR) is 66.3 cm³/mol. The minimum Gasteiger partial charge on any atom is -0.371 e. The number of aryl methyl sites for hydroxylation is 1. The first kappa shape index (κ1) is 11.2. The molecule has 3 nitrogen and oxygen atoms in total. The van der Waals surface area contributed by atoms with Crippen molar-refractivity contribution in [1.29, 1.82) is 0 Å². The van der Waals surface area contributed by atoms with E-state index < -0.39 is 5.60 Å². The zero-order chi connectivity index (χ0) is 11.8. The van der Waals surface area contributed by atoms with Gasteiger partial charge in [-0.25, -0.2) is 0 Å². The molecule has 0 aliphatic carbocycles. The van der Waals surface area contributed by atoms with Gasteiger partial charge in [0.25, 0.3) is 0 Å². The van der Waals surface area contributed by atoms with Crippen LogP contribution in [-0.4, -0.2) is 18.2 Å². The second-order valence-electron chi connectivity index (χ2n) is 4.29. The number of hydrogen-bond donors (Lipinski definition) is 1. The molecule has 0 aliphatic heterocycles. The summed E-state index contributed by atoms with van der Waals surface area (Å²) in [5.41, 5.74) is 7.69. The van der Waals surface area contributed by atoms with Crippen LogP contribution < -0.4 is 5.73 Å². The second kappa shape index (κ2) is 3.92. The van der Waals surface area contributed by atoms with Crippen LogP contribution in [-0.2, 0) is 17.4 Å². The molecular formula is C13H18N2O. The Morgan fingerprint density at radius 1 is 1.38 bits per heavy atom. The van der Waals surface area contributed by atoms with E-state index in [2.05, 4.69) is 22.8 Å². The van der Waals surface area contributed by atoms with Gasteiger partial charge in [0.15, 0.2) is 0 Å². The second-order valence-corrected chi connectivity index (χ2v) is 4.29. The minimum absolute atomic E-state index is 0.423. The van der Waals surface area contributed by atoms with Gasteiger partial charge in [-0.05, 0) is 24.4 Å². The number of hydrogen-bond acceptors (Lipinski definition) is 2. The molecule has 0 saturated heterocycles. The fourth-order valence-corrected chi connectivity index (χ4v) is 2.09. The molecular weight excluding hydrogens is 200 g/mol. The summed E-state index contributed by atoms with van der Waals surface area (Å²) in [6, 6.07) is 10.4. The van der Waals surface area contributed by atoms with Crippen molar-refractivity contribution in [3.8, 4) is 0 Å². The molecule has 2 N–H and O–H groups in total. The van der Waals surface area contributed by atoms with Crippen LogP contribution in [0.2, 0.25) is 0 Å². The normalized spacial score (nSPS) is 15.2. The van der Waals surface area contributed by atoms with Crippen LogP contribution in [0, 0.1) is 0 Å². The van der Waals surface area contributed by atoms with Crippen LogP contribution in [0.15, 0.2) is 30.3 Å². The molecule has 0 radical (unpaired) electrons. The zero-order valence-corrected chi connectivity index (χ0v) is 10.0. The number of methoxy groups -OCH3 is 1. The average Bonchev–Trinajstić information content (AvgIpc) is 2.67. The quantitative estimate of drug-likeness (QED) is 0.856. The number of aromatic nitrogens is 1. The Morgan fingerprint density at radius 3 is 2.62 bits per heavy atom. The van der Waals surface area contributed by atoms with E-state index in [0.717, 1.165) is 5.69 Å². The summed E-state index contributed by atoms with van der Waals surface area (Å²) in [7, 11) is 3.75. The average molecular weight is 218 g/mol. The number of nitrogens with two attached hydrogens (primary N) is 1. The molecule has 1 heterocycles. The summed E-state index contributed by atoms with van der Waals surface area (Å²) < 4.78 is 7.68. The van der Waals surface area contributed by atoms with Crippen LogP contribution in [0.25, 0.3) is 10.9 Å². The van der Waals surface area contributed by atoms with Crippen LogP contribution in [0.5, 0.6) is 0 Å². The van der Waals surface area contributed by atoms with E-state index in [1.807, 2.05) is 26.1 Å². The Labute approximate surface area is 95.8 Å². The molecule has 0 fully saturated rings. The lowest BCUT2D eigenvalue weighted by Gasteiger charge is -2.27. The van der Waals surface area contributed by atoms with Gasteiger partial charge in [0.05, 0.1) is 5.69 Å². The highest BCUT2D eigenvalue weighted by atomic mass is 16.5. The third-order valence-electron chi connectivity index (χ3n) is 3.33. The van der Waals surface area contributed by atoms with Gasteiger partial charge in [0, 0.05) is 26.2 Å². The van der Waals surface area contributed by atoms with Gasteiger partial charge >= 0.3 is 0 Å². The van der Waals surface area contributed by atoms with Crippen molar-refractivity contribution in [3.63, 3.8) is 0 Å². The number of para-hydroxylation sites is 1. The molecule has 1 aromatic heterocycles. The molecule has 1 unspecified atom stereocenters. The van der Waals surface area contributed by atoms with Crippen LogP contribution >= 0.6 is 0 Å². The highest BCUT2D eigenvalue weighted by molar-refractivity contribution is 5.81. The fraction of sp³-hybridized carbons (Fsp3) is 0.385. The Balaban J connectivity index is 2.65. The predicted octanol–water partition coefficient (Wildman–Crippen LogP) is 2.00. The standard InChI is InChI=1S/C13H18N2O/c1-13(9-14,16-3)12-8-10-6-4-5-7-11(10)15(12)2/h4-8H,9,14H2,1-3H3. The third-order valence-corrected chi connectivity index (χ3v) is 3.33. The SMILES string of the molecule is COC(C)(CN)c1cc2ccccc2n1C. The third kappa shape index (κ3) is 1.52. The summed E-state index contributed by atoms with van der Waals surface area (Å²) >= 11 is 0. The van der Waals surface area contributed by atoms with Crippen molar-refractivity contribution in [1.82, 2.24) is 4.57 Å². The van der Waals surface area contributed by atoms with Crippen molar-refractivity contribution < 1.29 is 4.74 Å². The van der Waals surface area contributed by atoms with Crippen molar-refractivity contribution >= 4 is 10.9 Å². The Hall–Kier alpha value is -1.32. The lowest BCUT2D eigenvalue weighted by Crippen LogP contribution is -2.35. The maximum atomic E-state index is 5.80. The Bertz CT molecular complexity index is 498. The maximum Gasteiger partial charge on any atom is 0.117 e. The van der Waals surface area contributed by atoms with Gasteiger partial charge in [-0.15, -0.1) is 0 Å². The molecule has 16 heavy (non-hydrogen) atoms. The Morgan fingerprint density at radius 2 is 2.06 bits per heavy atom. The molecule has 1 aromatic carbocycles. The van der Waals surface area contributed by atoms with Gasteiger partial charge in [-0.2, -0.15) is 0 Å². The monoisotopic (exact) mass is 218 g/mol. The summed E-state index contributed by atoms with van der Waals surface area (Å²) in [4.78, 5) is 0. The van der Waals surface area contributed by atoms with Gasteiger partial charge in [-0.3, -0.25) is 0 Å². The van der Waals surface area contributed by atoms with E-state index in [0.29, 0.717) is 6.54 Å². The van der Waals surface area contributed by atoms with E-state index in [1.54, 1.807) is 7.11 Å². The summed E-state index contributed by atoms with van der Waals surface area (Å²) in [6.45, 7) is 2.48. The first-order chi connectivity index (χ1) is 7.62. The van der Waals surface area contributed by atoms with E-state index in [9.17, 15) is 0 Å². The largest absolute Gasteiger partial charge is 0.371 e. The van der Waals surface area contributed by atoms with Crippen molar-refractivity contribution in [2.24, 2.45) is 12.8 Å². The lowest BCUT2D eigenvalue weighted by atomic mass is 10.0. The van der Waals surface area contributed by atoms with E-state index in [4.69, 9.17) is 10.5 Å². The summed E-state index contributed by atoms with van der Waals surface area (Å²) in [6.07, 6.45) is 0. The number of benzene rings is 1. The van der Waals surface area contributed by atoms with Crippen LogP contribution in [0.4, 0.5) is 0 Å². The van der Waals surface area contributed by atoms with Gasteiger partial charge in [-0.1, -0.05) is 18.2 Å². The lowest BCUT2D eigenvalue weighted by molar-refractivity contribution is 0.00447. The summed E-state index contributed by atoms with van der Waals surface area (Å²) in [5.74, 6) is 0. The number of ether oxygens (including phenoxy) is 1. The maximum absolute atomic E-state index is 5.80. The van der Waals surface area contributed by atoms with Crippen molar-refractivity contribution in [2.45, 2.75) is 12.5 Å². The molecule has 0 amide bonds. The van der Waals surface area contributed by atoms with E-state index >= 15 is 0 Å².